The third-order valence-corrected chi connectivity index (χ3v) is 0.750. The zero-order chi connectivity index (χ0) is 7.49. The molecular formula is C3H6BF3O2. The van der Waals surface area contributed by atoms with Gasteiger partial charge in [-0.05, 0) is 0 Å². The maximum Gasteiger partial charge on any atom is 0.432 e. The third kappa shape index (κ3) is 3.37. The molecular weight excluding hydrogens is 136 g/mol. The first kappa shape index (κ1) is 8.77. The smallest absolute Gasteiger partial charge is 0.430 e. The highest BCUT2D eigenvalue weighted by Gasteiger charge is 2.58. The molecule has 0 aromatic heterocycles. The van der Waals surface area contributed by atoms with Crippen molar-refractivity contribution in [1.29, 1.82) is 0 Å². The van der Waals surface area contributed by atoms with E-state index < -0.39 is 26.2 Å². The molecule has 54 valence electrons. The fourth-order valence-corrected chi connectivity index (χ4v) is 0.180. The van der Waals surface area contributed by atoms with Crippen LogP contribution < -0.4 is 0 Å². The van der Waals surface area contributed by atoms with Crippen LogP contribution in [0.2, 0.25) is 0 Å². The Labute approximate surface area is 50.6 Å². The fraction of sp³-hybridized carbons (Fsp3) is 1.00. The summed E-state index contributed by atoms with van der Waals surface area (Å²) in [7, 11) is -0.750. The van der Waals surface area contributed by atoms with Gasteiger partial charge in [-0.15, -0.1) is 0 Å². The van der Waals surface area contributed by atoms with Crippen LogP contribution >= 0.6 is 0 Å². The highest BCUT2D eigenvalue weighted by molar-refractivity contribution is 6.13. The van der Waals surface area contributed by atoms with Gasteiger partial charge >= 0.3 is 7.69 Å². The largest absolute Gasteiger partial charge is 0.432 e. The van der Waals surface area contributed by atoms with Crippen LogP contribution in [0.4, 0.5) is 13.2 Å². The lowest BCUT2D eigenvalue weighted by Crippen LogP contribution is -1.90. The number of rotatable bonds is 0. The second-order valence-electron chi connectivity index (χ2n) is 1.57. The van der Waals surface area contributed by atoms with E-state index in [1.165, 1.54) is 0 Å². The van der Waals surface area contributed by atoms with E-state index in [1.54, 1.807) is 0 Å². The molecule has 1 saturated carbocycles. The van der Waals surface area contributed by atoms with Crippen LogP contribution in [0.5, 0.6) is 0 Å². The molecule has 0 spiro atoms. The lowest BCUT2D eigenvalue weighted by molar-refractivity contribution is 0.0870. The Morgan fingerprint density at radius 1 is 1.44 bits per heavy atom. The van der Waals surface area contributed by atoms with E-state index >= 15 is 0 Å². The molecule has 9 heavy (non-hydrogen) atoms. The summed E-state index contributed by atoms with van der Waals surface area (Å²) in [4.78, 5) is 0. The van der Waals surface area contributed by atoms with Crippen molar-refractivity contribution in [2.75, 3.05) is 0 Å². The van der Waals surface area contributed by atoms with Gasteiger partial charge in [0.25, 0.3) is 5.92 Å². The summed E-state index contributed by atoms with van der Waals surface area (Å²) in [5, 5.41) is 14.2. The van der Waals surface area contributed by atoms with Crippen molar-refractivity contribution in [2.24, 2.45) is 0 Å². The molecule has 1 aliphatic carbocycles. The van der Waals surface area contributed by atoms with Gasteiger partial charge in [-0.2, -0.15) is 0 Å². The Bertz CT molecular complexity index is 89.1. The topological polar surface area (TPSA) is 40.5 Å². The van der Waals surface area contributed by atoms with Gasteiger partial charge < -0.3 is 10.0 Å². The van der Waals surface area contributed by atoms with Gasteiger partial charge in [0.05, 0.1) is 6.42 Å². The predicted molar refractivity (Wildman–Crippen MR) is 26.0 cm³/mol. The van der Waals surface area contributed by atoms with Crippen molar-refractivity contribution in [1.82, 2.24) is 0 Å². The summed E-state index contributed by atoms with van der Waals surface area (Å²) < 4.78 is 33.4. The Kier molecular flexibility index (Phi) is 3.00. The van der Waals surface area contributed by atoms with Crippen molar-refractivity contribution in [3.63, 3.8) is 0 Å². The van der Waals surface area contributed by atoms with Gasteiger partial charge in [0.15, 0.2) is 6.17 Å². The van der Waals surface area contributed by atoms with Crippen molar-refractivity contribution in [3.8, 4) is 0 Å². The minimum atomic E-state index is -2.96. The zero-order valence-corrected chi connectivity index (χ0v) is 4.52. The average molecular weight is 142 g/mol. The molecule has 0 saturated heterocycles. The van der Waals surface area contributed by atoms with E-state index in [1.807, 2.05) is 0 Å². The van der Waals surface area contributed by atoms with Gasteiger partial charge in [0.2, 0.25) is 0 Å². The molecule has 0 bridgehead atoms. The van der Waals surface area contributed by atoms with Crippen molar-refractivity contribution in [3.05, 3.63) is 0 Å². The lowest BCUT2D eigenvalue weighted by Gasteiger charge is -1.79. The molecule has 6 heteroatoms. The Balaban J connectivity index is 0.000000187. The summed E-state index contributed by atoms with van der Waals surface area (Å²) >= 11 is 0. The molecule has 0 aliphatic heterocycles. The summed E-state index contributed by atoms with van der Waals surface area (Å²) in [5.41, 5.74) is 0. The first-order chi connectivity index (χ1) is 4.04. The third-order valence-electron chi connectivity index (χ3n) is 0.750. The first-order valence-electron chi connectivity index (χ1n) is 2.28. The number of alkyl halides is 3. The van der Waals surface area contributed by atoms with E-state index in [4.69, 9.17) is 10.0 Å². The molecule has 0 aromatic carbocycles. The molecule has 0 aromatic rings. The predicted octanol–water partition coefficient (Wildman–Crippen LogP) is -0.399. The van der Waals surface area contributed by atoms with E-state index in [-0.39, 0.29) is 0 Å². The summed E-state index contributed by atoms with van der Waals surface area (Å²) in [6, 6.07) is 0. The minimum Gasteiger partial charge on any atom is -0.430 e. The van der Waals surface area contributed by atoms with E-state index in [9.17, 15) is 13.2 Å². The average Bonchev–Trinajstić information content (AvgIpc) is 2.14. The standard InChI is InChI=1S/C3H3F3.BH3O2/c4-2-1-3(2,5)6;2-1-3/h2H,1H2;1-3H. The normalized spacial score (nSPS) is 27.9. The molecule has 1 aliphatic rings. The van der Waals surface area contributed by atoms with E-state index in [0.29, 0.717) is 0 Å². The van der Waals surface area contributed by atoms with Crippen molar-refractivity contribution < 1.29 is 23.2 Å². The number of hydrogen-bond acceptors (Lipinski definition) is 2. The van der Waals surface area contributed by atoms with Crippen LogP contribution in [0.3, 0.4) is 0 Å². The SMILES string of the molecule is FC1CC1(F)F.OBO. The molecule has 0 amide bonds. The lowest BCUT2D eigenvalue weighted by atomic mass is 10.5. The van der Waals surface area contributed by atoms with Gasteiger partial charge in [0, 0.05) is 0 Å². The molecule has 1 unspecified atom stereocenters. The zero-order valence-electron chi connectivity index (χ0n) is 4.52. The van der Waals surface area contributed by atoms with Gasteiger partial charge in [-0.1, -0.05) is 0 Å². The quantitative estimate of drug-likeness (QED) is 0.451. The van der Waals surface area contributed by atoms with Crippen LogP contribution in [-0.4, -0.2) is 29.8 Å². The van der Waals surface area contributed by atoms with E-state index in [2.05, 4.69) is 0 Å². The maximum absolute atomic E-state index is 11.2. The monoisotopic (exact) mass is 142 g/mol. The molecule has 2 nitrogen and oxygen atoms in total. The summed E-state index contributed by atoms with van der Waals surface area (Å²) in [6.07, 6.45) is -2.40. The van der Waals surface area contributed by atoms with E-state index in [0.717, 1.165) is 0 Å². The summed E-state index contributed by atoms with van der Waals surface area (Å²) in [6.45, 7) is 0. The van der Waals surface area contributed by atoms with Crippen LogP contribution in [0.15, 0.2) is 0 Å². The van der Waals surface area contributed by atoms with Crippen LogP contribution in [-0.2, 0) is 0 Å². The minimum absolute atomic E-state index is 0.562. The van der Waals surface area contributed by atoms with Crippen LogP contribution in [0.1, 0.15) is 6.42 Å². The van der Waals surface area contributed by atoms with Gasteiger partial charge in [-0.3, -0.25) is 0 Å². The molecule has 1 fully saturated rings. The number of halogens is 3. The highest BCUT2D eigenvalue weighted by atomic mass is 19.3. The van der Waals surface area contributed by atoms with Gasteiger partial charge in [-0.25, -0.2) is 13.2 Å². The molecule has 0 radical (unpaired) electrons. The van der Waals surface area contributed by atoms with Crippen LogP contribution in [0, 0.1) is 0 Å². The Hall–Kier alpha value is -0.225. The second-order valence-corrected chi connectivity index (χ2v) is 1.57. The fourth-order valence-electron chi connectivity index (χ4n) is 0.180. The van der Waals surface area contributed by atoms with Crippen LogP contribution in [0.25, 0.3) is 0 Å². The molecule has 1 atom stereocenters. The van der Waals surface area contributed by atoms with Crippen molar-refractivity contribution in [2.45, 2.75) is 18.5 Å². The molecule has 1 rings (SSSR count). The maximum atomic E-state index is 11.2. The second kappa shape index (κ2) is 3.07. The highest BCUT2D eigenvalue weighted by Crippen LogP contribution is 2.44. The molecule has 2 N–H and O–H groups in total. The van der Waals surface area contributed by atoms with Gasteiger partial charge in [0.1, 0.15) is 0 Å². The summed E-state index contributed by atoms with van der Waals surface area (Å²) in [5.74, 6) is -2.96. The van der Waals surface area contributed by atoms with Crippen molar-refractivity contribution >= 4 is 7.69 Å². The number of hydrogen-bond donors (Lipinski definition) is 2. The Morgan fingerprint density at radius 3 is 1.56 bits per heavy atom. The Morgan fingerprint density at radius 2 is 1.56 bits per heavy atom. The molecule has 0 heterocycles. The first-order valence-corrected chi connectivity index (χ1v) is 2.28.